The van der Waals surface area contributed by atoms with E-state index in [4.69, 9.17) is 0 Å². The monoisotopic (exact) mass is 334 g/mol. The highest BCUT2D eigenvalue weighted by atomic mass is 35.5. The molecule has 0 aliphatic rings. The second kappa shape index (κ2) is 15.6. The van der Waals surface area contributed by atoms with E-state index in [0.717, 1.165) is 30.4 Å². The second-order valence-electron chi connectivity index (χ2n) is 7.30. The number of nitrogens with one attached hydrogen (secondary N) is 1. The third-order valence-electron chi connectivity index (χ3n) is 3.84. The van der Waals surface area contributed by atoms with Crippen molar-refractivity contribution in [3.8, 4) is 0 Å². The molecule has 0 saturated carbocycles. The Bertz CT molecular complexity index is 252. The molecule has 0 radical (unpaired) electrons. The maximum Gasteiger partial charge on any atom is 0.219 e. The van der Waals surface area contributed by atoms with Gasteiger partial charge >= 0.3 is 0 Å². The SMILES string of the molecule is CCCCCCCCCCCC(=O)NCCC[N+](C)(C)C.[Cl-]. The smallest absolute Gasteiger partial charge is 0.219 e. The zero-order valence-corrected chi connectivity index (χ0v) is 16.2. The van der Waals surface area contributed by atoms with Gasteiger partial charge in [-0.15, -0.1) is 0 Å². The third kappa shape index (κ3) is 19.7. The van der Waals surface area contributed by atoms with Gasteiger partial charge in [0.1, 0.15) is 0 Å². The molecule has 0 spiro atoms. The predicted octanol–water partition coefficient (Wildman–Crippen LogP) is 1.12. The van der Waals surface area contributed by atoms with Crippen molar-refractivity contribution in [3.63, 3.8) is 0 Å². The summed E-state index contributed by atoms with van der Waals surface area (Å²) in [5, 5.41) is 3.03. The van der Waals surface area contributed by atoms with Gasteiger partial charge in [0.05, 0.1) is 27.7 Å². The molecule has 0 unspecified atom stereocenters. The summed E-state index contributed by atoms with van der Waals surface area (Å²) >= 11 is 0. The van der Waals surface area contributed by atoms with Gasteiger partial charge in [-0.25, -0.2) is 0 Å². The molecule has 0 aliphatic heterocycles. The first-order valence-corrected chi connectivity index (χ1v) is 9.03. The Balaban J connectivity index is 0. The molecule has 4 heteroatoms. The highest BCUT2D eigenvalue weighted by molar-refractivity contribution is 5.75. The summed E-state index contributed by atoms with van der Waals surface area (Å²) in [6.07, 6.45) is 13.5. The van der Waals surface area contributed by atoms with Crippen molar-refractivity contribution in [3.05, 3.63) is 0 Å². The molecule has 0 aliphatic carbocycles. The average molecular weight is 335 g/mol. The Morgan fingerprint density at radius 2 is 1.32 bits per heavy atom. The van der Waals surface area contributed by atoms with Crippen molar-refractivity contribution >= 4 is 5.91 Å². The number of carbonyl (C=O) groups excluding carboxylic acids is 1. The van der Waals surface area contributed by atoms with Gasteiger partial charge in [0.25, 0.3) is 0 Å². The fourth-order valence-electron chi connectivity index (χ4n) is 2.47. The van der Waals surface area contributed by atoms with Crippen LogP contribution in [0.15, 0.2) is 0 Å². The molecule has 1 amide bonds. The van der Waals surface area contributed by atoms with Crippen LogP contribution in [0.1, 0.15) is 77.6 Å². The molecular weight excluding hydrogens is 296 g/mol. The molecule has 0 fully saturated rings. The van der Waals surface area contributed by atoms with Crippen molar-refractivity contribution in [1.82, 2.24) is 5.32 Å². The van der Waals surface area contributed by atoms with Gasteiger partial charge in [-0.3, -0.25) is 4.79 Å². The minimum Gasteiger partial charge on any atom is -1.00 e. The zero-order valence-electron chi connectivity index (χ0n) is 15.4. The first-order valence-electron chi connectivity index (χ1n) is 9.03. The molecule has 0 rings (SSSR count). The van der Waals surface area contributed by atoms with Crippen LogP contribution in [0.3, 0.4) is 0 Å². The molecule has 0 atom stereocenters. The Morgan fingerprint density at radius 3 is 1.82 bits per heavy atom. The lowest BCUT2D eigenvalue weighted by Crippen LogP contribution is -3.00. The number of quaternary nitrogens is 1. The van der Waals surface area contributed by atoms with Crippen LogP contribution >= 0.6 is 0 Å². The summed E-state index contributed by atoms with van der Waals surface area (Å²) < 4.78 is 0.966. The minimum atomic E-state index is 0. The predicted molar refractivity (Wildman–Crippen MR) is 92.4 cm³/mol. The highest BCUT2D eigenvalue weighted by Gasteiger charge is 2.06. The van der Waals surface area contributed by atoms with Crippen molar-refractivity contribution in [2.75, 3.05) is 34.2 Å². The summed E-state index contributed by atoms with van der Waals surface area (Å²) in [7, 11) is 6.55. The van der Waals surface area contributed by atoms with E-state index < -0.39 is 0 Å². The fourth-order valence-corrected chi connectivity index (χ4v) is 2.47. The number of amides is 1. The van der Waals surface area contributed by atoms with E-state index in [1.807, 2.05) is 0 Å². The quantitative estimate of drug-likeness (QED) is 0.374. The molecule has 1 N–H and O–H groups in total. The van der Waals surface area contributed by atoms with Gasteiger partial charge in [-0.05, 0) is 6.42 Å². The number of hydrogen-bond donors (Lipinski definition) is 1. The van der Waals surface area contributed by atoms with E-state index in [0.29, 0.717) is 6.42 Å². The topological polar surface area (TPSA) is 29.1 Å². The van der Waals surface area contributed by atoms with Gasteiger partial charge in [0.2, 0.25) is 5.91 Å². The number of carbonyl (C=O) groups is 1. The standard InChI is InChI=1S/C18H38N2O.ClH/c1-5-6-7-8-9-10-11-12-13-15-18(21)19-16-14-17-20(2,3)4;/h5-17H2,1-4H3;1H. The van der Waals surface area contributed by atoms with Crippen LogP contribution in [0.25, 0.3) is 0 Å². The Hall–Kier alpha value is -0.280. The first kappa shape index (κ1) is 24.0. The third-order valence-corrected chi connectivity index (χ3v) is 3.84. The van der Waals surface area contributed by atoms with Crippen molar-refractivity contribution < 1.29 is 21.7 Å². The molecule has 22 heavy (non-hydrogen) atoms. The molecule has 0 heterocycles. The second-order valence-corrected chi connectivity index (χ2v) is 7.30. The molecule has 0 aromatic heterocycles. The van der Waals surface area contributed by atoms with E-state index in [-0.39, 0.29) is 18.3 Å². The maximum atomic E-state index is 11.7. The van der Waals surface area contributed by atoms with E-state index in [1.54, 1.807) is 0 Å². The lowest BCUT2D eigenvalue weighted by molar-refractivity contribution is -0.870. The molecule has 0 aromatic rings. The number of halogens is 1. The van der Waals surface area contributed by atoms with Crippen LogP contribution in [0.2, 0.25) is 0 Å². The number of hydrogen-bond acceptors (Lipinski definition) is 1. The van der Waals surface area contributed by atoms with E-state index >= 15 is 0 Å². The van der Waals surface area contributed by atoms with Gasteiger partial charge in [-0.2, -0.15) is 0 Å². The van der Waals surface area contributed by atoms with Crippen LogP contribution in [-0.2, 0) is 4.79 Å². The van der Waals surface area contributed by atoms with Crippen molar-refractivity contribution in [2.24, 2.45) is 0 Å². The highest BCUT2D eigenvalue weighted by Crippen LogP contribution is 2.10. The fraction of sp³-hybridized carbons (Fsp3) is 0.944. The lowest BCUT2D eigenvalue weighted by atomic mass is 10.1. The van der Waals surface area contributed by atoms with E-state index in [9.17, 15) is 4.79 Å². The van der Waals surface area contributed by atoms with E-state index in [1.165, 1.54) is 51.4 Å². The van der Waals surface area contributed by atoms with Crippen LogP contribution in [0, 0.1) is 0 Å². The first-order chi connectivity index (χ1) is 9.95. The molecule has 134 valence electrons. The molecule has 0 aromatic carbocycles. The Kier molecular flexibility index (Phi) is 17.0. The van der Waals surface area contributed by atoms with E-state index in [2.05, 4.69) is 33.4 Å². The largest absolute Gasteiger partial charge is 1.00 e. The van der Waals surface area contributed by atoms with Crippen LogP contribution in [0.4, 0.5) is 0 Å². The van der Waals surface area contributed by atoms with Gasteiger partial charge in [0.15, 0.2) is 0 Å². The molecule has 0 bridgehead atoms. The summed E-state index contributed by atoms with van der Waals surface area (Å²) in [5.74, 6) is 0.236. The van der Waals surface area contributed by atoms with Gasteiger partial charge in [-0.1, -0.05) is 58.3 Å². The van der Waals surface area contributed by atoms with Gasteiger partial charge < -0.3 is 22.2 Å². The molecular formula is C18H39ClN2O. The van der Waals surface area contributed by atoms with Gasteiger partial charge in [0, 0.05) is 19.4 Å². The average Bonchev–Trinajstić information content (AvgIpc) is 2.41. The number of rotatable bonds is 14. The summed E-state index contributed by atoms with van der Waals surface area (Å²) in [4.78, 5) is 11.7. The summed E-state index contributed by atoms with van der Waals surface area (Å²) in [6, 6.07) is 0. The van der Waals surface area contributed by atoms with Crippen LogP contribution in [-0.4, -0.2) is 44.6 Å². The minimum absolute atomic E-state index is 0. The number of nitrogens with zero attached hydrogens (tertiary/aromatic N) is 1. The van der Waals surface area contributed by atoms with Crippen LogP contribution in [0.5, 0.6) is 0 Å². The Morgan fingerprint density at radius 1 is 0.818 bits per heavy atom. The number of unbranched alkanes of at least 4 members (excludes halogenated alkanes) is 8. The van der Waals surface area contributed by atoms with Crippen molar-refractivity contribution in [2.45, 2.75) is 77.6 Å². The lowest BCUT2D eigenvalue weighted by Gasteiger charge is -2.23. The summed E-state index contributed by atoms with van der Waals surface area (Å²) in [5.41, 5.74) is 0. The van der Waals surface area contributed by atoms with Crippen molar-refractivity contribution in [1.29, 1.82) is 0 Å². The molecule has 0 saturated heterocycles. The molecule has 3 nitrogen and oxygen atoms in total. The zero-order chi connectivity index (χ0) is 16.0. The summed E-state index contributed by atoms with van der Waals surface area (Å²) in [6.45, 7) is 4.19. The van der Waals surface area contributed by atoms with Crippen LogP contribution < -0.4 is 17.7 Å². The Labute approximate surface area is 145 Å². The maximum absolute atomic E-state index is 11.7. The normalized spacial score (nSPS) is 11.1.